The summed E-state index contributed by atoms with van der Waals surface area (Å²) in [5.74, 6) is 2.08. The summed E-state index contributed by atoms with van der Waals surface area (Å²) in [6.45, 7) is 8.30. The van der Waals surface area contributed by atoms with Crippen molar-refractivity contribution < 1.29 is 4.74 Å². The lowest BCUT2D eigenvalue weighted by Crippen LogP contribution is -2.47. The van der Waals surface area contributed by atoms with E-state index in [4.69, 9.17) is 20.4 Å². The summed E-state index contributed by atoms with van der Waals surface area (Å²) in [5, 5.41) is 3.51. The quantitative estimate of drug-likeness (QED) is 0.783. The van der Waals surface area contributed by atoms with Gasteiger partial charge >= 0.3 is 0 Å². The number of fused-ring (bicyclic) bond motifs is 1. The van der Waals surface area contributed by atoms with Crippen LogP contribution < -0.4 is 20.9 Å². The molecular weight excluding hydrogens is 356 g/mol. The predicted octanol–water partition coefficient (Wildman–Crippen LogP) is 0.467. The van der Waals surface area contributed by atoms with Gasteiger partial charge in [-0.25, -0.2) is 15.0 Å². The summed E-state index contributed by atoms with van der Waals surface area (Å²) in [5.41, 5.74) is 8.76. The lowest BCUT2D eigenvalue weighted by atomic mass is 9.99. The van der Waals surface area contributed by atoms with Gasteiger partial charge in [0.25, 0.3) is 0 Å². The molecule has 0 amide bonds. The number of morpholine rings is 1. The average molecular weight is 382 g/mol. The molecule has 3 aliphatic rings. The van der Waals surface area contributed by atoms with Crippen LogP contribution in [0.1, 0.15) is 18.9 Å². The molecule has 9 heteroatoms. The number of rotatable bonds is 3. The molecule has 0 spiro atoms. The van der Waals surface area contributed by atoms with Gasteiger partial charge in [-0.05, 0) is 26.3 Å². The highest BCUT2D eigenvalue weighted by Crippen LogP contribution is 2.40. The third-order valence-corrected chi connectivity index (χ3v) is 6.05. The first-order valence-electron chi connectivity index (χ1n) is 9.94. The van der Waals surface area contributed by atoms with Crippen LogP contribution in [0.25, 0.3) is 11.3 Å². The third-order valence-electron chi connectivity index (χ3n) is 6.05. The minimum Gasteiger partial charge on any atom is -0.378 e. The molecule has 0 aromatic carbocycles. The van der Waals surface area contributed by atoms with Crippen molar-refractivity contribution in [1.29, 1.82) is 0 Å². The lowest BCUT2D eigenvalue weighted by Gasteiger charge is -2.37. The summed E-state index contributed by atoms with van der Waals surface area (Å²) >= 11 is 0. The number of anilines is 3. The Labute approximate surface area is 164 Å². The van der Waals surface area contributed by atoms with E-state index < -0.39 is 0 Å². The second-order valence-corrected chi connectivity index (χ2v) is 7.93. The Balaban J connectivity index is 1.62. The normalized spacial score (nSPS) is 24.6. The van der Waals surface area contributed by atoms with Gasteiger partial charge in [0.05, 0.1) is 24.4 Å². The molecule has 0 bridgehead atoms. The Morgan fingerprint density at radius 1 is 1.14 bits per heavy atom. The first-order valence-corrected chi connectivity index (χ1v) is 9.94. The fraction of sp³-hybridized carbons (Fsp3) is 0.579. The maximum Gasteiger partial charge on any atom is 0.228 e. The summed E-state index contributed by atoms with van der Waals surface area (Å²) in [7, 11) is 0. The Morgan fingerprint density at radius 3 is 2.64 bits per heavy atom. The Morgan fingerprint density at radius 2 is 1.93 bits per heavy atom. The van der Waals surface area contributed by atoms with Gasteiger partial charge in [-0.15, -0.1) is 0 Å². The van der Waals surface area contributed by atoms with Crippen LogP contribution in [0, 0.1) is 0 Å². The highest BCUT2D eigenvalue weighted by Gasteiger charge is 2.40. The average Bonchev–Trinajstić information content (AvgIpc) is 3.36. The zero-order chi connectivity index (χ0) is 19.1. The van der Waals surface area contributed by atoms with Crippen molar-refractivity contribution in [3.63, 3.8) is 0 Å². The van der Waals surface area contributed by atoms with Crippen molar-refractivity contribution in [2.24, 2.45) is 0 Å². The van der Waals surface area contributed by atoms with E-state index in [1.165, 1.54) is 5.56 Å². The van der Waals surface area contributed by atoms with Gasteiger partial charge in [0.2, 0.25) is 11.9 Å². The van der Waals surface area contributed by atoms with Gasteiger partial charge in [0.15, 0.2) is 0 Å². The number of nitrogens with one attached hydrogen (secondary N) is 1. The van der Waals surface area contributed by atoms with Crippen molar-refractivity contribution in [2.75, 3.05) is 61.5 Å². The van der Waals surface area contributed by atoms with E-state index in [1.807, 2.05) is 0 Å². The topological polar surface area (TPSA) is 105 Å². The van der Waals surface area contributed by atoms with Crippen molar-refractivity contribution in [3.8, 4) is 11.3 Å². The molecule has 2 saturated heterocycles. The van der Waals surface area contributed by atoms with Gasteiger partial charge < -0.3 is 25.6 Å². The molecule has 3 N–H and O–H groups in total. The van der Waals surface area contributed by atoms with Gasteiger partial charge in [0, 0.05) is 49.7 Å². The molecule has 3 aliphatic heterocycles. The monoisotopic (exact) mass is 382 g/mol. The van der Waals surface area contributed by atoms with Crippen LogP contribution in [0.5, 0.6) is 0 Å². The predicted molar refractivity (Wildman–Crippen MR) is 107 cm³/mol. The van der Waals surface area contributed by atoms with E-state index >= 15 is 0 Å². The van der Waals surface area contributed by atoms with E-state index in [9.17, 15) is 0 Å². The molecule has 0 saturated carbocycles. The number of nitrogens with two attached hydrogens (primary N) is 1. The van der Waals surface area contributed by atoms with Gasteiger partial charge in [0.1, 0.15) is 5.82 Å². The van der Waals surface area contributed by atoms with Crippen LogP contribution in [-0.4, -0.2) is 71.4 Å². The number of nitrogens with zero attached hydrogens (tertiary/aromatic N) is 6. The second kappa shape index (κ2) is 6.82. The highest BCUT2D eigenvalue weighted by atomic mass is 16.5. The lowest BCUT2D eigenvalue weighted by molar-refractivity contribution is 0.122. The number of hydrogen-bond donors (Lipinski definition) is 2. The Kier molecular flexibility index (Phi) is 4.28. The van der Waals surface area contributed by atoms with Gasteiger partial charge in [-0.1, -0.05) is 0 Å². The Bertz CT molecular complexity index is 859. The maximum atomic E-state index is 5.69. The SMILES string of the molecule is CC1(N2CCc3c(-c4cnc(N)nc4)nc(N4CCOCC4)nc32)CCNC1. The molecule has 5 heterocycles. The second-order valence-electron chi connectivity index (χ2n) is 7.93. The summed E-state index contributed by atoms with van der Waals surface area (Å²) in [6, 6.07) is 0. The zero-order valence-corrected chi connectivity index (χ0v) is 16.2. The number of ether oxygens (including phenoxy) is 1. The van der Waals surface area contributed by atoms with E-state index in [1.54, 1.807) is 12.4 Å². The summed E-state index contributed by atoms with van der Waals surface area (Å²) in [4.78, 5) is 23.0. The highest BCUT2D eigenvalue weighted by molar-refractivity contribution is 5.73. The standard InChI is InChI=1S/C19H26N8O/c1-19(3-4-21-12-19)27-5-2-14-15(13-10-22-17(20)23-11-13)24-18(25-16(14)27)26-6-8-28-9-7-26/h10-11,21H,2-9,12H2,1H3,(H2,20,22,23). The van der Waals surface area contributed by atoms with Crippen LogP contribution in [0.2, 0.25) is 0 Å². The van der Waals surface area contributed by atoms with Crippen molar-refractivity contribution in [3.05, 3.63) is 18.0 Å². The zero-order valence-electron chi connectivity index (χ0n) is 16.2. The number of hydrogen-bond acceptors (Lipinski definition) is 9. The fourth-order valence-electron chi connectivity index (χ4n) is 4.41. The maximum absolute atomic E-state index is 5.69. The molecule has 148 valence electrons. The third kappa shape index (κ3) is 2.94. The first-order chi connectivity index (χ1) is 13.6. The molecule has 1 atom stereocenters. The molecule has 0 aliphatic carbocycles. The number of aromatic nitrogens is 4. The van der Waals surface area contributed by atoms with Gasteiger partial charge in [-0.3, -0.25) is 0 Å². The largest absolute Gasteiger partial charge is 0.378 e. The van der Waals surface area contributed by atoms with E-state index in [-0.39, 0.29) is 11.5 Å². The smallest absolute Gasteiger partial charge is 0.228 e. The Hall–Kier alpha value is -2.52. The van der Waals surface area contributed by atoms with Crippen LogP contribution in [-0.2, 0) is 11.2 Å². The van der Waals surface area contributed by atoms with Crippen LogP contribution in [0.3, 0.4) is 0 Å². The van der Waals surface area contributed by atoms with Crippen LogP contribution in [0.15, 0.2) is 12.4 Å². The molecule has 2 fully saturated rings. The molecule has 5 rings (SSSR count). The molecule has 1 unspecified atom stereocenters. The van der Waals surface area contributed by atoms with Crippen LogP contribution in [0.4, 0.5) is 17.7 Å². The molecule has 28 heavy (non-hydrogen) atoms. The van der Waals surface area contributed by atoms with Crippen molar-refractivity contribution in [2.45, 2.75) is 25.3 Å². The minimum atomic E-state index is 0.0801. The van der Waals surface area contributed by atoms with Crippen LogP contribution >= 0.6 is 0 Å². The molecule has 2 aromatic rings. The summed E-state index contributed by atoms with van der Waals surface area (Å²) in [6.07, 6.45) is 5.56. The number of nitrogen functional groups attached to an aromatic ring is 1. The minimum absolute atomic E-state index is 0.0801. The van der Waals surface area contributed by atoms with Crippen molar-refractivity contribution in [1.82, 2.24) is 25.3 Å². The van der Waals surface area contributed by atoms with Gasteiger partial charge in [-0.2, -0.15) is 4.98 Å². The van der Waals surface area contributed by atoms with E-state index in [2.05, 4.69) is 32.0 Å². The van der Waals surface area contributed by atoms with Crippen molar-refractivity contribution >= 4 is 17.7 Å². The first kappa shape index (κ1) is 17.6. The fourth-order valence-corrected chi connectivity index (χ4v) is 4.41. The molecular formula is C19H26N8O. The molecule has 9 nitrogen and oxygen atoms in total. The molecule has 0 radical (unpaired) electrons. The van der Waals surface area contributed by atoms with E-state index in [0.29, 0.717) is 13.2 Å². The molecule has 2 aromatic heterocycles. The summed E-state index contributed by atoms with van der Waals surface area (Å²) < 4.78 is 5.51. The van der Waals surface area contributed by atoms with E-state index in [0.717, 1.165) is 68.6 Å².